The summed E-state index contributed by atoms with van der Waals surface area (Å²) in [6, 6.07) is 0.692. The van der Waals surface area contributed by atoms with Crippen molar-refractivity contribution < 1.29 is 0 Å². The van der Waals surface area contributed by atoms with Crippen molar-refractivity contribution in [1.29, 1.82) is 0 Å². The summed E-state index contributed by atoms with van der Waals surface area (Å²) in [6.45, 7) is 6.66. The summed E-state index contributed by atoms with van der Waals surface area (Å²) in [5.41, 5.74) is 1.33. The van der Waals surface area contributed by atoms with Crippen LogP contribution in [0, 0.1) is 5.92 Å². The van der Waals surface area contributed by atoms with Crippen molar-refractivity contribution in [1.82, 2.24) is 14.9 Å². The molecule has 1 N–H and O–H groups in total. The maximum atomic E-state index is 4.26. The molecule has 2 atom stereocenters. The summed E-state index contributed by atoms with van der Waals surface area (Å²) in [7, 11) is 0. The van der Waals surface area contributed by atoms with Crippen molar-refractivity contribution in [3.63, 3.8) is 0 Å². The van der Waals surface area contributed by atoms with Gasteiger partial charge in [-0.2, -0.15) is 0 Å². The van der Waals surface area contributed by atoms with Gasteiger partial charge in [-0.3, -0.25) is 0 Å². The molecule has 0 aliphatic heterocycles. The molecule has 0 radical (unpaired) electrons. The van der Waals surface area contributed by atoms with Crippen molar-refractivity contribution in [2.75, 3.05) is 0 Å². The van der Waals surface area contributed by atoms with Crippen LogP contribution in [0.2, 0.25) is 0 Å². The molecule has 0 aromatic carbocycles. The number of aryl methyl sites for hydroxylation is 1. The van der Waals surface area contributed by atoms with Gasteiger partial charge < -0.3 is 9.88 Å². The summed E-state index contributed by atoms with van der Waals surface area (Å²) in [6.07, 6.45) is 12.1. The Morgan fingerprint density at radius 1 is 1.33 bits per heavy atom. The number of imidazole rings is 1. The van der Waals surface area contributed by atoms with Gasteiger partial charge in [0.05, 0.1) is 12.0 Å². The Balaban J connectivity index is 1.87. The minimum absolute atomic E-state index is 0.692. The first kappa shape index (κ1) is 13.6. The van der Waals surface area contributed by atoms with E-state index in [4.69, 9.17) is 0 Å². The van der Waals surface area contributed by atoms with Gasteiger partial charge in [-0.05, 0) is 25.2 Å². The number of aromatic nitrogens is 2. The lowest BCUT2D eigenvalue weighted by Gasteiger charge is -2.23. The zero-order valence-electron chi connectivity index (χ0n) is 11.9. The van der Waals surface area contributed by atoms with Crippen LogP contribution in [-0.4, -0.2) is 15.6 Å². The largest absolute Gasteiger partial charge is 0.333 e. The molecular weight excluding hydrogens is 222 g/mol. The Kier molecular flexibility index (Phi) is 5.24. The van der Waals surface area contributed by atoms with Gasteiger partial charge in [0.25, 0.3) is 0 Å². The van der Waals surface area contributed by atoms with Crippen LogP contribution < -0.4 is 5.32 Å². The normalized spacial score (nSPS) is 25.0. The van der Waals surface area contributed by atoms with Gasteiger partial charge >= 0.3 is 0 Å². The average Bonchev–Trinajstić information content (AvgIpc) is 2.70. The van der Waals surface area contributed by atoms with Crippen LogP contribution in [0.1, 0.15) is 58.1 Å². The van der Waals surface area contributed by atoms with Crippen molar-refractivity contribution >= 4 is 0 Å². The molecule has 2 rings (SSSR count). The topological polar surface area (TPSA) is 29.9 Å². The first-order chi connectivity index (χ1) is 8.81. The summed E-state index contributed by atoms with van der Waals surface area (Å²) in [5, 5.41) is 3.75. The molecule has 1 heterocycles. The lowest BCUT2D eigenvalue weighted by atomic mass is 9.97. The van der Waals surface area contributed by atoms with Crippen LogP contribution in [0.15, 0.2) is 12.5 Å². The molecule has 1 aliphatic carbocycles. The highest BCUT2D eigenvalue weighted by Gasteiger charge is 2.19. The second-order valence-corrected chi connectivity index (χ2v) is 5.68. The van der Waals surface area contributed by atoms with E-state index in [2.05, 4.69) is 28.7 Å². The maximum Gasteiger partial charge on any atom is 0.0948 e. The van der Waals surface area contributed by atoms with Crippen molar-refractivity contribution in [2.24, 2.45) is 5.92 Å². The zero-order valence-corrected chi connectivity index (χ0v) is 11.9. The monoisotopic (exact) mass is 249 g/mol. The van der Waals surface area contributed by atoms with E-state index in [0.29, 0.717) is 6.04 Å². The molecule has 1 fully saturated rings. The lowest BCUT2D eigenvalue weighted by molar-refractivity contribution is 0.352. The third-order valence-electron chi connectivity index (χ3n) is 4.17. The predicted molar refractivity (Wildman–Crippen MR) is 75.4 cm³/mol. The molecule has 102 valence electrons. The van der Waals surface area contributed by atoms with Crippen LogP contribution in [0.25, 0.3) is 0 Å². The van der Waals surface area contributed by atoms with Crippen LogP contribution in [0.3, 0.4) is 0 Å². The van der Waals surface area contributed by atoms with E-state index >= 15 is 0 Å². The summed E-state index contributed by atoms with van der Waals surface area (Å²) < 4.78 is 2.27. The average molecular weight is 249 g/mol. The van der Waals surface area contributed by atoms with Crippen LogP contribution in [0.4, 0.5) is 0 Å². The summed E-state index contributed by atoms with van der Waals surface area (Å²) in [5.74, 6) is 0.815. The second-order valence-electron chi connectivity index (χ2n) is 5.68. The molecule has 3 nitrogen and oxygen atoms in total. The van der Waals surface area contributed by atoms with Gasteiger partial charge in [0.15, 0.2) is 0 Å². The molecule has 0 spiro atoms. The third-order valence-corrected chi connectivity index (χ3v) is 4.17. The Hall–Kier alpha value is -0.830. The minimum atomic E-state index is 0.692. The lowest BCUT2D eigenvalue weighted by Crippen LogP contribution is -2.34. The quantitative estimate of drug-likeness (QED) is 0.811. The van der Waals surface area contributed by atoms with Gasteiger partial charge in [-0.15, -0.1) is 0 Å². The Bertz CT molecular complexity index is 345. The SMILES string of the molecule is CCCn1cncc1CNC1CCCCCC1C. The van der Waals surface area contributed by atoms with Gasteiger partial charge in [0.2, 0.25) is 0 Å². The van der Waals surface area contributed by atoms with Crippen molar-refractivity contribution in [2.45, 2.75) is 71.5 Å². The smallest absolute Gasteiger partial charge is 0.0948 e. The summed E-state index contributed by atoms with van der Waals surface area (Å²) >= 11 is 0. The first-order valence-electron chi connectivity index (χ1n) is 7.53. The number of hydrogen-bond donors (Lipinski definition) is 1. The highest BCUT2D eigenvalue weighted by atomic mass is 15.1. The second kappa shape index (κ2) is 6.93. The van der Waals surface area contributed by atoms with E-state index in [1.165, 1.54) is 44.2 Å². The van der Waals surface area contributed by atoms with Gasteiger partial charge in [-0.1, -0.05) is 33.1 Å². The first-order valence-corrected chi connectivity index (χ1v) is 7.53. The fourth-order valence-electron chi connectivity index (χ4n) is 2.97. The molecule has 18 heavy (non-hydrogen) atoms. The Labute approximate surface area is 111 Å². The van der Waals surface area contributed by atoms with Crippen LogP contribution in [-0.2, 0) is 13.1 Å². The van der Waals surface area contributed by atoms with E-state index in [9.17, 15) is 0 Å². The molecule has 0 bridgehead atoms. The fraction of sp³-hybridized carbons (Fsp3) is 0.800. The van der Waals surface area contributed by atoms with E-state index in [1.54, 1.807) is 0 Å². The number of nitrogens with zero attached hydrogens (tertiary/aromatic N) is 2. The maximum absolute atomic E-state index is 4.26. The van der Waals surface area contributed by atoms with E-state index in [1.807, 2.05) is 12.5 Å². The molecule has 2 unspecified atom stereocenters. The molecule has 1 aromatic rings. The van der Waals surface area contributed by atoms with E-state index in [0.717, 1.165) is 19.0 Å². The summed E-state index contributed by atoms with van der Waals surface area (Å²) in [4.78, 5) is 4.26. The van der Waals surface area contributed by atoms with E-state index in [-0.39, 0.29) is 0 Å². The van der Waals surface area contributed by atoms with Crippen LogP contribution >= 0.6 is 0 Å². The minimum Gasteiger partial charge on any atom is -0.333 e. The van der Waals surface area contributed by atoms with Gasteiger partial charge in [0, 0.05) is 25.3 Å². The Morgan fingerprint density at radius 3 is 3.00 bits per heavy atom. The van der Waals surface area contributed by atoms with Crippen molar-refractivity contribution in [3.05, 3.63) is 18.2 Å². The van der Waals surface area contributed by atoms with Gasteiger partial charge in [-0.25, -0.2) is 4.98 Å². The molecule has 0 amide bonds. The zero-order chi connectivity index (χ0) is 12.8. The number of nitrogens with one attached hydrogen (secondary N) is 1. The third kappa shape index (κ3) is 3.58. The molecule has 3 heteroatoms. The van der Waals surface area contributed by atoms with Crippen molar-refractivity contribution in [3.8, 4) is 0 Å². The molecule has 1 saturated carbocycles. The Morgan fingerprint density at radius 2 is 2.17 bits per heavy atom. The standard InChI is InChI=1S/C15H27N3/c1-3-9-18-12-16-10-14(18)11-17-15-8-6-4-5-7-13(15)2/h10,12-13,15,17H,3-9,11H2,1-2H3. The molecule has 0 saturated heterocycles. The number of hydrogen-bond acceptors (Lipinski definition) is 2. The highest BCUT2D eigenvalue weighted by Crippen LogP contribution is 2.23. The van der Waals surface area contributed by atoms with Crippen LogP contribution in [0.5, 0.6) is 0 Å². The van der Waals surface area contributed by atoms with E-state index < -0.39 is 0 Å². The highest BCUT2D eigenvalue weighted by molar-refractivity contribution is 4.98. The molecular formula is C15H27N3. The number of rotatable bonds is 5. The molecule has 1 aromatic heterocycles. The molecule has 1 aliphatic rings. The predicted octanol–water partition coefficient (Wildman–Crippen LogP) is 3.35. The fourth-order valence-corrected chi connectivity index (χ4v) is 2.97. The van der Waals surface area contributed by atoms with Gasteiger partial charge in [0.1, 0.15) is 0 Å².